The van der Waals surface area contributed by atoms with Gasteiger partial charge in [-0.05, 0) is 37.3 Å². The van der Waals surface area contributed by atoms with Gasteiger partial charge < -0.3 is 10.6 Å². The number of hydrogen-bond donors (Lipinski definition) is 2. The van der Waals surface area contributed by atoms with E-state index in [9.17, 15) is 8.42 Å². The summed E-state index contributed by atoms with van der Waals surface area (Å²) >= 11 is 0. The van der Waals surface area contributed by atoms with E-state index in [1.165, 1.54) is 17.4 Å². The molecule has 27 heavy (non-hydrogen) atoms. The molecule has 1 aliphatic rings. The van der Waals surface area contributed by atoms with Crippen LogP contribution in [-0.4, -0.2) is 63.5 Å². The van der Waals surface area contributed by atoms with Gasteiger partial charge in [0.2, 0.25) is 0 Å². The average Bonchev–Trinajstić information content (AvgIpc) is 2.65. The van der Waals surface area contributed by atoms with Gasteiger partial charge in [-0.15, -0.1) is 0 Å². The Morgan fingerprint density at radius 3 is 2.63 bits per heavy atom. The van der Waals surface area contributed by atoms with E-state index in [0.29, 0.717) is 12.5 Å². The van der Waals surface area contributed by atoms with E-state index < -0.39 is 9.84 Å². The predicted molar refractivity (Wildman–Crippen MR) is 113 cm³/mol. The molecule has 0 saturated carbocycles. The zero-order chi connectivity index (χ0) is 19.9. The first-order valence-electron chi connectivity index (χ1n) is 9.78. The first-order chi connectivity index (χ1) is 12.8. The van der Waals surface area contributed by atoms with Crippen LogP contribution in [0.2, 0.25) is 0 Å². The first-order valence-corrected chi connectivity index (χ1v) is 11.8. The Kier molecular flexibility index (Phi) is 8.10. The van der Waals surface area contributed by atoms with Crippen molar-refractivity contribution in [1.82, 2.24) is 15.5 Å². The van der Waals surface area contributed by atoms with E-state index in [4.69, 9.17) is 0 Å². The summed E-state index contributed by atoms with van der Waals surface area (Å²) in [6.07, 6.45) is 4.01. The molecule has 1 aromatic rings. The Morgan fingerprint density at radius 2 is 2.00 bits per heavy atom. The highest BCUT2D eigenvalue weighted by Crippen LogP contribution is 2.21. The number of rotatable bonds is 8. The summed E-state index contributed by atoms with van der Waals surface area (Å²) in [6.45, 7) is 7.09. The zero-order valence-electron chi connectivity index (χ0n) is 17.0. The average molecular weight is 395 g/mol. The van der Waals surface area contributed by atoms with Crippen LogP contribution in [-0.2, 0) is 22.8 Å². The summed E-state index contributed by atoms with van der Waals surface area (Å²) in [5.41, 5.74) is 2.90. The standard InChI is InChI=1S/C20H34N4O2S/c1-5-19(24-12-10-17-8-6-7-9-18(17)15-24)14-22-20(21-3)23-16(2)11-13-27(4,25)26/h6-9,16,19H,5,10-15H2,1-4H3,(H2,21,22,23). The van der Waals surface area contributed by atoms with Crippen molar-refractivity contribution in [3.8, 4) is 0 Å². The van der Waals surface area contributed by atoms with Crippen molar-refractivity contribution in [1.29, 1.82) is 0 Å². The van der Waals surface area contributed by atoms with Crippen molar-refractivity contribution in [2.45, 2.75) is 51.7 Å². The van der Waals surface area contributed by atoms with Gasteiger partial charge in [0.05, 0.1) is 5.75 Å². The molecule has 0 saturated heterocycles. The van der Waals surface area contributed by atoms with E-state index in [2.05, 4.69) is 51.7 Å². The summed E-state index contributed by atoms with van der Waals surface area (Å²) in [6, 6.07) is 9.18. The fraction of sp³-hybridized carbons (Fsp3) is 0.650. The monoisotopic (exact) mass is 394 g/mol. The van der Waals surface area contributed by atoms with Gasteiger partial charge in [-0.2, -0.15) is 0 Å². The number of fused-ring (bicyclic) bond motifs is 1. The van der Waals surface area contributed by atoms with Gasteiger partial charge in [-0.1, -0.05) is 31.2 Å². The number of benzene rings is 1. The quantitative estimate of drug-likeness (QED) is 0.520. The number of hydrogen-bond acceptors (Lipinski definition) is 4. The van der Waals surface area contributed by atoms with Crippen LogP contribution in [0, 0.1) is 0 Å². The molecule has 1 aliphatic heterocycles. The second-order valence-corrected chi connectivity index (χ2v) is 9.73. The van der Waals surface area contributed by atoms with Gasteiger partial charge in [0.1, 0.15) is 9.84 Å². The van der Waals surface area contributed by atoms with Gasteiger partial charge in [-0.3, -0.25) is 9.89 Å². The fourth-order valence-corrected chi connectivity index (χ4v) is 4.25. The number of aliphatic imine (C=N–C) groups is 1. The highest BCUT2D eigenvalue weighted by molar-refractivity contribution is 7.90. The van der Waals surface area contributed by atoms with Crippen molar-refractivity contribution < 1.29 is 8.42 Å². The van der Waals surface area contributed by atoms with Gasteiger partial charge in [0.25, 0.3) is 0 Å². The number of nitrogens with zero attached hydrogens (tertiary/aromatic N) is 2. The third-order valence-electron chi connectivity index (χ3n) is 5.18. The molecule has 6 nitrogen and oxygen atoms in total. The highest BCUT2D eigenvalue weighted by Gasteiger charge is 2.22. The Hall–Kier alpha value is -1.60. The fourth-order valence-electron chi connectivity index (χ4n) is 3.47. The summed E-state index contributed by atoms with van der Waals surface area (Å²) < 4.78 is 22.7. The van der Waals surface area contributed by atoms with Crippen molar-refractivity contribution in [2.75, 3.05) is 32.1 Å². The number of sulfone groups is 1. The Balaban J connectivity index is 1.85. The molecule has 1 heterocycles. The molecule has 152 valence electrons. The summed E-state index contributed by atoms with van der Waals surface area (Å²) in [5.74, 6) is 0.912. The molecule has 2 rings (SSSR count). The molecular formula is C20H34N4O2S. The molecule has 1 aromatic carbocycles. The minimum absolute atomic E-state index is 0.0489. The van der Waals surface area contributed by atoms with E-state index in [1.807, 2.05) is 6.92 Å². The van der Waals surface area contributed by atoms with Crippen LogP contribution >= 0.6 is 0 Å². The van der Waals surface area contributed by atoms with Crippen LogP contribution in [0.3, 0.4) is 0 Å². The Labute approximate surface area is 164 Å². The van der Waals surface area contributed by atoms with Crippen LogP contribution in [0.4, 0.5) is 0 Å². The Morgan fingerprint density at radius 1 is 1.30 bits per heavy atom. The molecule has 7 heteroatoms. The summed E-state index contributed by atoms with van der Waals surface area (Å²) in [4.78, 5) is 6.82. The third-order valence-corrected chi connectivity index (χ3v) is 6.16. The lowest BCUT2D eigenvalue weighted by atomic mass is 9.98. The molecule has 0 amide bonds. The maximum absolute atomic E-state index is 11.3. The minimum atomic E-state index is -2.94. The lowest BCUT2D eigenvalue weighted by Gasteiger charge is -2.35. The predicted octanol–water partition coefficient (Wildman–Crippen LogP) is 1.81. The number of guanidine groups is 1. The normalized spacial score (nSPS) is 17.9. The number of nitrogens with one attached hydrogen (secondary N) is 2. The minimum Gasteiger partial charge on any atom is -0.355 e. The van der Waals surface area contributed by atoms with Crippen molar-refractivity contribution in [3.05, 3.63) is 35.4 Å². The zero-order valence-corrected chi connectivity index (χ0v) is 17.8. The summed E-state index contributed by atoms with van der Waals surface area (Å²) in [7, 11) is -1.19. The van der Waals surface area contributed by atoms with Gasteiger partial charge in [0.15, 0.2) is 5.96 Å². The maximum Gasteiger partial charge on any atom is 0.191 e. The van der Waals surface area contributed by atoms with E-state index >= 15 is 0 Å². The smallest absolute Gasteiger partial charge is 0.191 e. The molecule has 0 aliphatic carbocycles. The van der Waals surface area contributed by atoms with Gasteiger partial charge in [-0.25, -0.2) is 8.42 Å². The lowest BCUT2D eigenvalue weighted by Crippen LogP contribution is -2.49. The second-order valence-electron chi connectivity index (χ2n) is 7.47. The lowest BCUT2D eigenvalue weighted by molar-refractivity contribution is 0.174. The van der Waals surface area contributed by atoms with Crippen LogP contribution < -0.4 is 10.6 Å². The SMILES string of the molecule is CCC(CNC(=NC)NC(C)CCS(C)(=O)=O)N1CCc2ccccc2C1. The molecule has 0 bridgehead atoms. The molecule has 0 spiro atoms. The van der Waals surface area contributed by atoms with Crippen LogP contribution in [0.25, 0.3) is 0 Å². The molecule has 2 unspecified atom stereocenters. The second kappa shape index (κ2) is 10.1. The first kappa shape index (κ1) is 21.7. The molecule has 0 fully saturated rings. The van der Waals surface area contributed by atoms with Gasteiger partial charge >= 0.3 is 0 Å². The topological polar surface area (TPSA) is 73.8 Å². The third kappa shape index (κ3) is 7.14. The highest BCUT2D eigenvalue weighted by atomic mass is 32.2. The molecule has 0 radical (unpaired) electrons. The van der Waals surface area contributed by atoms with Crippen molar-refractivity contribution in [3.63, 3.8) is 0 Å². The van der Waals surface area contributed by atoms with E-state index in [-0.39, 0.29) is 11.8 Å². The van der Waals surface area contributed by atoms with E-state index in [1.54, 1.807) is 7.05 Å². The molecular weight excluding hydrogens is 360 g/mol. The molecule has 0 aromatic heterocycles. The maximum atomic E-state index is 11.3. The summed E-state index contributed by atoms with van der Waals surface area (Å²) in [5, 5.41) is 6.71. The van der Waals surface area contributed by atoms with E-state index in [0.717, 1.165) is 38.4 Å². The molecule has 2 atom stereocenters. The van der Waals surface area contributed by atoms with Gasteiger partial charge in [0, 0.05) is 45.0 Å². The largest absolute Gasteiger partial charge is 0.355 e. The van der Waals surface area contributed by atoms with Crippen molar-refractivity contribution in [2.24, 2.45) is 4.99 Å². The van der Waals surface area contributed by atoms with Crippen LogP contribution in [0.15, 0.2) is 29.3 Å². The Bertz CT molecular complexity index is 733. The molecule has 2 N–H and O–H groups in total. The van der Waals surface area contributed by atoms with Crippen LogP contribution in [0.1, 0.15) is 37.8 Å². The van der Waals surface area contributed by atoms with Crippen LogP contribution in [0.5, 0.6) is 0 Å². The van der Waals surface area contributed by atoms with Crippen molar-refractivity contribution >= 4 is 15.8 Å².